The molecule has 0 bridgehead atoms. The maximum Gasteiger partial charge on any atom is 0.270 e. The number of aromatic nitrogens is 2. The largest absolute Gasteiger partial charge is 0.346 e. The van der Waals surface area contributed by atoms with Crippen LogP contribution < -0.4 is 5.32 Å². The molecule has 0 aromatic carbocycles. The number of hydrogen-bond donors (Lipinski definition) is 1. The number of nitrogens with one attached hydrogen (secondary N) is 1. The van der Waals surface area contributed by atoms with Gasteiger partial charge in [0.1, 0.15) is 12.0 Å². The van der Waals surface area contributed by atoms with E-state index < -0.39 is 0 Å². The topological polar surface area (TPSA) is 58.1 Å². The highest BCUT2D eigenvalue weighted by molar-refractivity contribution is 5.92. The molecule has 1 aromatic heterocycles. The minimum Gasteiger partial charge on any atom is -0.346 e. The Morgan fingerprint density at radius 3 is 2.71 bits per heavy atom. The van der Waals surface area contributed by atoms with Crippen molar-refractivity contribution in [3.63, 3.8) is 0 Å². The Morgan fingerprint density at radius 2 is 2.10 bits per heavy atom. The van der Waals surface area contributed by atoms with Crippen molar-refractivity contribution in [1.29, 1.82) is 0 Å². The van der Waals surface area contributed by atoms with Gasteiger partial charge in [0.2, 0.25) is 0 Å². The first-order valence-corrected chi connectivity index (χ1v) is 7.91. The van der Waals surface area contributed by atoms with Crippen molar-refractivity contribution in [3.8, 4) is 0 Å². The number of carbonyl (C=O) groups is 1. The molecule has 114 valence electrons. The zero-order valence-corrected chi connectivity index (χ0v) is 13.0. The van der Waals surface area contributed by atoms with E-state index in [0.29, 0.717) is 23.6 Å². The summed E-state index contributed by atoms with van der Waals surface area (Å²) >= 11 is 0. The summed E-state index contributed by atoms with van der Waals surface area (Å²) in [5.74, 6) is 0.948. The van der Waals surface area contributed by atoms with Gasteiger partial charge in [-0.05, 0) is 38.7 Å². The van der Waals surface area contributed by atoms with Gasteiger partial charge in [-0.15, -0.1) is 0 Å². The van der Waals surface area contributed by atoms with Crippen LogP contribution in [0.3, 0.4) is 0 Å². The molecule has 1 aliphatic heterocycles. The summed E-state index contributed by atoms with van der Waals surface area (Å²) in [5, 5.41) is 3.15. The molecular formula is C16H24N4O. The number of carbonyl (C=O) groups excluding carboxylic acids is 1. The molecule has 1 saturated carbocycles. The van der Waals surface area contributed by atoms with E-state index in [4.69, 9.17) is 0 Å². The number of rotatable bonds is 4. The van der Waals surface area contributed by atoms with Crippen molar-refractivity contribution in [3.05, 3.63) is 23.8 Å². The van der Waals surface area contributed by atoms with E-state index in [1.807, 2.05) is 6.07 Å². The standard InChI is InChI=1S/C16H24N4O/c1-10(2)20-7-11(3)15(8-20)19-16(21)14-6-13(12-4-5-12)17-9-18-14/h6,9-12,15H,4-5,7-8H2,1-3H3,(H,19,21). The van der Waals surface area contributed by atoms with Crippen LogP contribution in [0.15, 0.2) is 12.4 Å². The van der Waals surface area contributed by atoms with Gasteiger partial charge in [0, 0.05) is 36.8 Å². The van der Waals surface area contributed by atoms with E-state index in [1.165, 1.54) is 19.2 Å². The summed E-state index contributed by atoms with van der Waals surface area (Å²) in [6.45, 7) is 8.56. The van der Waals surface area contributed by atoms with Gasteiger partial charge in [0.15, 0.2) is 0 Å². The first kappa shape index (κ1) is 14.4. The Hall–Kier alpha value is -1.49. The Bertz CT molecular complexity index is 527. The SMILES string of the molecule is CC1CN(C(C)C)CC1NC(=O)c1cc(C2CC2)ncn1. The zero-order chi connectivity index (χ0) is 15.0. The van der Waals surface area contributed by atoms with Crippen LogP contribution >= 0.6 is 0 Å². The molecule has 1 N–H and O–H groups in total. The molecular weight excluding hydrogens is 264 g/mol. The van der Waals surface area contributed by atoms with Gasteiger partial charge in [-0.1, -0.05) is 6.92 Å². The smallest absolute Gasteiger partial charge is 0.270 e. The molecule has 2 heterocycles. The highest BCUT2D eigenvalue weighted by Gasteiger charge is 2.32. The molecule has 5 nitrogen and oxygen atoms in total. The van der Waals surface area contributed by atoms with Crippen molar-refractivity contribution in [2.24, 2.45) is 5.92 Å². The van der Waals surface area contributed by atoms with Gasteiger partial charge in [0.25, 0.3) is 5.91 Å². The van der Waals surface area contributed by atoms with E-state index in [2.05, 4.69) is 41.0 Å². The second-order valence-electron chi connectivity index (χ2n) is 6.71. The number of nitrogens with zero attached hydrogens (tertiary/aromatic N) is 3. The third kappa shape index (κ3) is 3.23. The average molecular weight is 288 g/mol. The first-order chi connectivity index (χ1) is 10.0. The Balaban J connectivity index is 1.64. The van der Waals surface area contributed by atoms with Crippen LogP contribution in [0.1, 0.15) is 55.7 Å². The fourth-order valence-electron chi connectivity index (χ4n) is 2.96. The lowest BCUT2D eigenvalue weighted by Crippen LogP contribution is -2.40. The minimum absolute atomic E-state index is 0.0678. The Kier molecular flexibility index (Phi) is 3.93. The number of likely N-dealkylation sites (tertiary alicyclic amines) is 1. The van der Waals surface area contributed by atoms with Crippen LogP contribution in [0.4, 0.5) is 0 Å². The van der Waals surface area contributed by atoms with Crippen molar-refractivity contribution in [2.45, 2.75) is 51.6 Å². The molecule has 21 heavy (non-hydrogen) atoms. The van der Waals surface area contributed by atoms with Gasteiger partial charge in [0.05, 0.1) is 0 Å². The molecule has 5 heteroatoms. The van der Waals surface area contributed by atoms with Crippen molar-refractivity contribution < 1.29 is 4.79 Å². The fourth-order valence-corrected chi connectivity index (χ4v) is 2.96. The number of amides is 1. The summed E-state index contributed by atoms with van der Waals surface area (Å²) in [6.07, 6.45) is 3.88. The lowest BCUT2D eigenvalue weighted by Gasteiger charge is -2.20. The van der Waals surface area contributed by atoms with Gasteiger partial charge in [-0.25, -0.2) is 9.97 Å². The van der Waals surface area contributed by atoms with Gasteiger partial charge < -0.3 is 5.32 Å². The molecule has 2 atom stereocenters. The summed E-state index contributed by atoms with van der Waals surface area (Å²) in [5.41, 5.74) is 1.51. The minimum atomic E-state index is -0.0678. The predicted molar refractivity (Wildman–Crippen MR) is 81.1 cm³/mol. The lowest BCUT2D eigenvalue weighted by molar-refractivity contribution is 0.0925. The van der Waals surface area contributed by atoms with E-state index in [9.17, 15) is 4.79 Å². The van der Waals surface area contributed by atoms with E-state index in [0.717, 1.165) is 18.8 Å². The molecule has 0 spiro atoms. The molecule has 2 aliphatic rings. The van der Waals surface area contributed by atoms with Crippen molar-refractivity contribution in [1.82, 2.24) is 20.2 Å². The number of hydrogen-bond acceptors (Lipinski definition) is 4. The van der Waals surface area contributed by atoms with Gasteiger partial charge >= 0.3 is 0 Å². The molecule has 1 aliphatic carbocycles. The lowest BCUT2D eigenvalue weighted by atomic mass is 10.1. The first-order valence-electron chi connectivity index (χ1n) is 7.91. The van der Waals surface area contributed by atoms with E-state index in [-0.39, 0.29) is 11.9 Å². The summed E-state index contributed by atoms with van der Waals surface area (Å²) in [6, 6.07) is 2.58. The Morgan fingerprint density at radius 1 is 1.33 bits per heavy atom. The highest BCUT2D eigenvalue weighted by Crippen LogP contribution is 2.38. The normalized spacial score (nSPS) is 26.3. The third-order valence-corrected chi connectivity index (χ3v) is 4.60. The van der Waals surface area contributed by atoms with Gasteiger partial charge in [-0.3, -0.25) is 9.69 Å². The van der Waals surface area contributed by atoms with Crippen LogP contribution in [0.25, 0.3) is 0 Å². The third-order valence-electron chi connectivity index (χ3n) is 4.60. The zero-order valence-electron chi connectivity index (χ0n) is 13.0. The molecule has 1 amide bonds. The average Bonchev–Trinajstić information content (AvgIpc) is 3.24. The van der Waals surface area contributed by atoms with Crippen LogP contribution in [0.2, 0.25) is 0 Å². The van der Waals surface area contributed by atoms with Crippen LogP contribution in [-0.2, 0) is 0 Å². The molecule has 1 aromatic rings. The Labute approximate surface area is 126 Å². The van der Waals surface area contributed by atoms with E-state index >= 15 is 0 Å². The molecule has 2 fully saturated rings. The highest BCUT2D eigenvalue weighted by atomic mass is 16.2. The van der Waals surface area contributed by atoms with Crippen molar-refractivity contribution in [2.75, 3.05) is 13.1 Å². The molecule has 3 rings (SSSR count). The molecule has 2 unspecified atom stereocenters. The fraction of sp³-hybridized carbons (Fsp3) is 0.688. The summed E-state index contributed by atoms with van der Waals surface area (Å²) in [7, 11) is 0. The van der Waals surface area contributed by atoms with E-state index in [1.54, 1.807) is 0 Å². The molecule has 1 saturated heterocycles. The quantitative estimate of drug-likeness (QED) is 0.918. The summed E-state index contributed by atoms with van der Waals surface area (Å²) < 4.78 is 0. The van der Waals surface area contributed by atoms with Gasteiger partial charge in [-0.2, -0.15) is 0 Å². The maximum absolute atomic E-state index is 12.4. The monoisotopic (exact) mass is 288 g/mol. The maximum atomic E-state index is 12.4. The van der Waals surface area contributed by atoms with Crippen LogP contribution in [0, 0.1) is 5.92 Å². The molecule has 0 radical (unpaired) electrons. The second-order valence-corrected chi connectivity index (χ2v) is 6.71. The van der Waals surface area contributed by atoms with Crippen LogP contribution in [-0.4, -0.2) is 45.9 Å². The van der Waals surface area contributed by atoms with Crippen molar-refractivity contribution >= 4 is 5.91 Å². The predicted octanol–water partition coefficient (Wildman–Crippen LogP) is 1.81. The second kappa shape index (κ2) is 5.72. The summed E-state index contributed by atoms with van der Waals surface area (Å²) in [4.78, 5) is 23.2. The van der Waals surface area contributed by atoms with Crippen LogP contribution in [0.5, 0.6) is 0 Å².